The summed E-state index contributed by atoms with van der Waals surface area (Å²) < 4.78 is 19.0. The monoisotopic (exact) mass is 386 g/mol. The smallest absolute Gasteiger partial charge is 0.252 e. The molecule has 1 heterocycles. The summed E-state index contributed by atoms with van der Waals surface area (Å²) in [5, 5.41) is 0. The first-order chi connectivity index (χ1) is 13.1. The number of fused-ring (bicyclic) bond motifs is 1. The molecule has 142 valence electrons. The van der Waals surface area contributed by atoms with Gasteiger partial charge < -0.3 is 18.8 Å². The standard InChI is InChI=1S/C20H22N2O4S/c1-5-22-15-11-16(25-3)17(26-4)12-18(15)27-20(22)21-19(23)10-13-7-6-8-14(9-13)24-2/h6-9,11-12H,5,10H2,1-4H3. The van der Waals surface area contributed by atoms with Crippen LogP contribution in [0.5, 0.6) is 17.2 Å². The molecule has 0 aliphatic rings. The molecule has 0 spiro atoms. The molecule has 27 heavy (non-hydrogen) atoms. The molecule has 0 N–H and O–H groups in total. The summed E-state index contributed by atoms with van der Waals surface area (Å²) in [6, 6.07) is 11.3. The van der Waals surface area contributed by atoms with Crippen LogP contribution in [0, 0.1) is 0 Å². The van der Waals surface area contributed by atoms with E-state index in [0.717, 1.165) is 21.5 Å². The molecule has 0 atom stereocenters. The predicted molar refractivity (Wildman–Crippen MR) is 106 cm³/mol. The average molecular weight is 386 g/mol. The molecule has 3 aromatic rings. The van der Waals surface area contributed by atoms with Gasteiger partial charge in [0.2, 0.25) is 0 Å². The van der Waals surface area contributed by atoms with Gasteiger partial charge in [0.15, 0.2) is 16.3 Å². The van der Waals surface area contributed by atoms with Crippen LogP contribution in [0.25, 0.3) is 10.2 Å². The van der Waals surface area contributed by atoms with Crippen LogP contribution in [-0.2, 0) is 17.8 Å². The summed E-state index contributed by atoms with van der Waals surface area (Å²) in [7, 11) is 4.82. The van der Waals surface area contributed by atoms with Gasteiger partial charge in [-0.1, -0.05) is 23.5 Å². The van der Waals surface area contributed by atoms with E-state index in [1.807, 2.05) is 47.9 Å². The molecule has 0 radical (unpaired) electrons. The van der Waals surface area contributed by atoms with Crippen LogP contribution in [-0.4, -0.2) is 31.8 Å². The first kappa shape index (κ1) is 19.0. The largest absolute Gasteiger partial charge is 0.497 e. The number of ether oxygens (including phenoxy) is 3. The van der Waals surface area contributed by atoms with Crippen LogP contribution >= 0.6 is 11.3 Å². The van der Waals surface area contributed by atoms with Gasteiger partial charge >= 0.3 is 0 Å². The predicted octanol–water partition coefficient (Wildman–Crippen LogP) is 3.42. The van der Waals surface area contributed by atoms with Crippen molar-refractivity contribution in [3.63, 3.8) is 0 Å². The quantitative estimate of drug-likeness (QED) is 0.651. The zero-order valence-electron chi connectivity index (χ0n) is 15.8. The van der Waals surface area contributed by atoms with Gasteiger partial charge in [0.25, 0.3) is 5.91 Å². The number of carbonyl (C=O) groups is 1. The van der Waals surface area contributed by atoms with Gasteiger partial charge in [0, 0.05) is 18.7 Å². The number of rotatable bonds is 6. The van der Waals surface area contributed by atoms with Crippen LogP contribution in [0.1, 0.15) is 12.5 Å². The molecule has 0 saturated heterocycles. The highest BCUT2D eigenvalue weighted by molar-refractivity contribution is 7.16. The third kappa shape index (κ3) is 3.98. The van der Waals surface area contributed by atoms with Crippen LogP contribution in [0.15, 0.2) is 41.4 Å². The first-order valence-corrected chi connectivity index (χ1v) is 9.37. The molecule has 0 saturated carbocycles. The van der Waals surface area contributed by atoms with Crippen molar-refractivity contribution in [3.8, 4) is 17.2 Å². The summed E-state index contributed by atoms with van der Waals surface area (Å²) in [4.78, 5) is 17.5. The zero-order chi connectivity index (χ0) is 19.4. The highest BCUT2D eigenvalue weighted by atomic mass is 32.1. The van der Waals surface area contributed by atoms with Crippen molar-refractivity contribution in [1.29, 1.82) is 0 Å². The van der Waals surface area contributed by atoms with E-state index in [9.17, 15) is 4.79 Å². The lowest BCUT2D eigenvalue weighted by Crippen LogP contribution is -2.16. The lowest BCUT2D eigenvalue weighted by Gasteiger charge is -2.08. The first-order valence-electron chi connectivity index (χ1n) is 8.55. The number of aromatic nitrogens is 1. The van der Waals surface area contributed by atoms with Crippen LogP contribution in [0.3, 0.4) is 0 Å². The minimum atomic E-state index is -0.198. The van der Waals surface area contributed by atoms with E-state index in [0.29, 0.717) is 22.8 Å². The van der Waals surface area contributed by atoms with E-state index in [1.54, 1.807) is 21.3 Å². The molecule has 0 aliphatic carbocycles. The van der Waals surface area contributed by atoms with E-state index >= 15 is 0 Å². The normalized spacial score (nSPS) is 11.6. The maximum atomic E-state index is 12.5. The van der Waals surface area contributed by atoms with Crippen LogP contribution in [0.4, 0.5) is 0 Å². The lowest BCUT2D eigenvalue weighted by molar-refractivity contribution is -0.117. The summed E-state index contributed by atoms with van der Waals surface area (Å²) >= 11 is 1.46. The highest BCUT2D eigenvalue weighted by Gasteiger charge is 2.12. The number of amides is 1. The molecule has 3 rings (SSSR count). The summed E-state index contributed by atoms with van der Waals surface area (Å²) in [5.74, 6) is 1.84. The van der Waals surface area contributed by atoms with Crippen molar-refractivity contribution in [1.82, 2.24) is 4.57 Å². The molecule has 0 fully saturated rings. The van der Waals surface area contributed by atoms with Gasteiger partial charge in [-0.3, -0.25) is 4.79 Å². The Morgan fingerprint density at radius 1 is 1.07 bits per heavy atom. The topological polar surface area (TPSA) is 62.1 Å². The van der Waals surface area contributed by atoms with Gasteiger partial charge in [-0.15, -0.1) is 0 Å². The molecule has 1 aromatic heterocycles. The maximum Gasteiger partial charge on any atom is 0.252 e. The summed E-state index contributed by atoms with van der Waals surface area (Å²) in [6.45, 7) is 2.72. The summed E-state index contributed by atoms with van der Waals surface area (Å²) in [6.07, 6.45) is 0.224. The Balaban J connectivity index is 2.00. The molecular formula is C20H22N2O4S. The van der Waals surface area contributed by atoms with E-state index in [-0.39, 0.29) is 12.3 Å². The summed E-state index contributed by atoms with van der Waals surface area (Å²) in [5.41, 5.74) is 1.84. The van der Waals surface area contributed by atoms with Gasteiger partial charge in [-0.2, -0.15) is 4.99 Å². The zero-order valence-corrected chi connectivity index (χ0v) is 16.6. The molecule has 6 nitrogen and oxygen atoms in total. The van der Waals surface area contributed by atoms with E-state index in [2.05, 4.69) is 4.99 Å². The Kier molecular flexibility index (Phi) is 5.81. The molecule has 7 heteroatoms. The Labute approximate surface area is 161 Å². The third-order valence-corrected chi connectivity index (χ3v) is 5.26. The second-order valence-corrected chi connectivity index (χ2v) is 6.85. The molecule has 0 aliphatic heterocycles. The fraction of sp³-hybridized carbons (Fsp3) is 0.300. The number of thiazole rings is 1. The van der Waals surface area contributed by atoms with Crippen LogP contribution in [0.2, 0.25) is 0 Å². The Morgan fingerprint density at radius 2 is 1.81 bits per heavy atom. The van der Waals surface area contributed by atoms with Gasteiger partial charge in [-0.05, 0) is 24.6 Å². The minimum absolute atomic E-state index is 0.198. The number of aryl methyl sites for hydroxylation is 1. The Hall–Kier alpha value is -2.80. The van der Waals surface area contributed by atoms with Crippen molar-refractivity contribution in [2.24, 2.45) is 4.99 Å². The lowest BCUT2D eigenvalue weighted by atomic mass is 10.1. The van der Waals surface area contributed by atoms with Crippen molar-refractivity contribution >= 4 is 27.5 Å². The van der Waals surface area contributed by atoms with E-state index in [4.69, 9.17) is 14.2 Å². The van der Waals surface area contributed by atoms with E-state index in [1.165, 1.54) is 11.3 Å². The van der Waals surface area contributed by atoms with Gasteiger partial charge in [0.05, 0.1) is 38.0 Å². The number of carbonyl (C=O) groups excluding carboxylic acids is 1. The second-order valence-electron chi connectivity index (χ2n) is 5.84. The molecular weight excluding hydrogens is 364 g/mol. The average Bonchev–Trinajstić information content (AvgIpc) is 3.02. The minimum Gasteiger partial charge on any atom is -0.497 e. The fourth-order valence-electron chi connectivity index (χ4n) is 2.89. The van der Waals surface area contributed by atoms with E-state index < -0.39 is 0 Å². The van der Waals surface area contributed by atoms with Gasteiger partial charge in [0.1, 0.15) is 5.75 Å². The Morgan fingerprint density at radius 3 is 2.48 bits per heavy atom. The van der Waals surface area contributed by atoms with Crippen LogP contribution < -0.4 is 19.0 Å². The third-order valence-electron chi connectivity index (χ3n) is 4.21. The number of benzene rings is 2. The number of hydrogen-bond acceptors (Lipinski definition) is 5. The van der Waals surface area contributed by atoms with Crippen molar-refractivity contribution in [2.75, 3.05) is 21.3 Å². The molecule has 0 unspecified atom stereocenters. The number of nitrogens with zero attached hydrogens (tertiary/aromatic N) is 2. The number of methoxy groups -OCH3 is 3. The second kappa shape index (κ2) is 8.26. The van der Waals surface area contributed by atoms with Crippen molar-refractivity contribution in [3.05, 3.63) is 46.8 Å². The van der Waals surface area contributed by atoms with Crippen molar-refractivity contribution in [2.45, 2.75) is 19.9 Å². The molecule has 0 bridgehead atoms. The fourth-order valence-corrected chi connectivity index (χ4v) is 4.01. The Bertz CT molecular complexity index is 1040. The number of hydrogen-bond donors (Lipinski definition) is 0. The maximum absolute atomic E-state index is 12.5. The molecule has 2 aromatic carbocycles. The SMILES string of the molecule is CCn1c(=NC(=O)Cc2cccc(OC)c2)sc2cc(OC)c(OC)cc21. The highest BCUT2D eigenvalue weighted by Crippen LogP contribution is 2.33. The molecule has 1 amide bonds. The van der Waals surface area contributed by atoms with Gasteiger partial charge in [-0.25, -0.2) is 0 Å². The van der Waals surface area contributed by atoms with Crippen molar-refractivity contribution < 1.29 is 19.0 Å².